The number of rotatable bonds is 6. The third kappa shape index (κ3) is 4.19. The molecule has 0 heterocycles. The number of esters is 2. The van der Waals surface area contributed by atoms with E-state index in [4.69, 9.17) is 9.47 Å². The molecule has 0 radical (unpaired) electrons. The fraction of sp³-hybridized carbons (Fsp3) is 0.812. The minimum atomic E-state index is -0.226. The molecule has 4 aliphatic carbocycles. The third-order valence-electron chi connectivity index (χ3n) is 11.8. The van der Waals surface area contributed by atoms with E-state index in [-0.39, 0.29) is 34.3 Å². The van der Waals surface area contributed by atoms with Crippen LogP contribution in [0, 0.1) is 39.4 Å². The quantitative estimate of drug-likeness (QED) is 0.213. The van der Waals surface area contributed by atoms with E-state index < -0.39 is 0 Å². The number of hydrogen-bond acceptors (Lipinski definition) is 4. The van der Waals surface area contributed by atoms with Crippen molar-refractivity contribution in [3.05, 3.63) is 23.3 Å². The average molecular weight is 499 g/mol. The second-order valence-corrected chi connectivity index (χ2v) is 13.7. The summed E-state index contributed by atoms with van der Waals surface area (Å²) in [7, 11) is 0. The fourth-order valence-corrected chi connectivity index (χ4v) is 9.76. The zero-order valence-electron chi connectivity index (χ0n) is 24.2. The minimum absolute atomic E-state index is 0.00314. The van der Waals surface area contributed by atoms with Gasteiger partial charge in [-0.15, -0.1) is 0 Å². The summed E-state index contributed by atoms with van der Waals surface area (Å²) in [4.78, 5) is 23.6. The molecule has 0 N–H and O–H groups in total. The summed E-state index contributed by atoms with van der Waals surface area (Å²) in [6.07, 6.45) is 14.1. The Morgan fingerprint density at radius 3 is 2.39 bits per heavy atom. The topological polar surface area (TPSA) is 52.6 Å². The lowest BCUT2D eigenvalue weighted by molar-refractivity contribution is -0.167. The molecule has 0 aromatic rings. The van der Waals surface area contributed by atoms with E-state index in [1.54, 1.807) is 24.1 Å². The Hall–Kier alpha value is -1.58. The molecular weight excluding hydrogens is 448 g/mol. The van der Waals surface area contributed by atoms with Crippen molar-refractivity contribution in [3.8, 4) is 0 Å². The summed E-state index contributed by atoms with van der Waals surface area (Å²) in [5, 5.41) is 0. The number of carbonyl (C=O) groups excluding carboxylic acids is 2. The van der Waals surface area contributed by atoms with Gasteiger partial charge in [-0.1, -0.05) is 58.8 Å². The van der Waals surface area contributed by atoms with Crippen molar-refractivity contribution in [3.63, 3.8) is 0 Å². The fourth-order valence-electron chi connectivity index (χ4n) is 9.76. The van der Waals surface area contributed by atoms with Crippen molar-refractivity contribution in [1.29, 1.82) is 0 Å². The first-order chi connectivity index (χ1) is 16.8. The Morgan fingerprint density at radius 1 is 1.00 bits per heavy atom. The Bertz CT molecular complexity index is 944. The summed E-state index contributed by atoms with van der Waals surface area (Å²) in [5.74, 6) is 1.41. The van der Waals surface area contributed by atoms with E-state index >= 15 is 0 Å². The van der Waals surface area contributed by atoms with Crippen LogP contribution >= 0.6 is 0 Å². The maximum atomic E-state index is 11.8. The third-order valence-corrected chi connectivity index (χ3v) is 11.8. The first-order valence-corrected chi connectivity index (χ1v) is 14.5. The number of carbonyl (C=O) groups is 2. The second kappa shape index (κ2) is 9.62. The first kappa shape index (κ1) is 27.5. The van der Waals surface area contributed by atoms with E-state index in [1.165, 1.54) is 38.5 Å². The lowest BCUT2D eigenvalue weighted by atomic mass is 9.43. The molecule has 4 nitrogen and oxygen atoms in total. The molecule has 2 fully saturated rings. The molecule has 4 heteroatoms. The Morgan fingerprint density at radius 2 is 1.72 bits per heavy atom. The van der Waals surface area contributed by atoms with Gasteiger partial charge in [-0.2, -0.15) is 0 Å². The van der Waals surface area contributed by atoms with Crippen molar-refractivity contribution in [2.24, 2.45) is 39.4 Å². The molecule has 4 rings (SSSR count). The highest BCUT2D eigenvalue weighted by Crippen LogP contribution is 2.72. The van der Waals surface area contributed by atoms with Crippen molar-refractivity contribution in [2.75, 3.05) is 6.61 Å². The van der Waals surface area contributed by atoms with Crippen molar-refractivity contribution in [1.82, 2.24) is 0 Å². The van der Waals surface area contributed by atoms with Gasteiger partial charge in [0.2, 0.25) is 0 Å². The molecule has 0 aromatic heterocycles. The highest BCUT2D eigenvalue weighted by molar-refractivity contribution is 5.81. The number of fused-ring (bicyclic) bond motifs is 4. The average Bonchev–Trinajstić information content (AvgIpc) is 3.07. The van der Waals surface area contributed by atoms with Gasteiger partial charge < -0.3 is 9.47 Å². The van der Waals surface area contributed by atoms with Gasteiger partial charge in [-0.05, 0) is 98.7 Å². The number of ether oxygens (including phenoxy) is 2. The Labute approximate surface area is 219 Å². The SMILES string of the molecule is CCOC(=O)/C=C/C[C@@H](C)[C@H]1CC[C@@]2(C)C3=C(CC[C@]12C)[C@@]1(C)CC[C@H](OC(C)=O)C(C)(C)[C@@H]1CC3. The molecule has 0 amide bonds. The van der Waals surface area contributed by atoms with Crippen molar-refractivity contribution < 1.29 is 19.1 Å². The molecule has 202 valence electrons. The van der Waals surface area contributed by atoms with Gasteiger partial charge in [0.25, 0.3) is 0 Å². The Balaban J connectivity index is 1.59. The monoisotopic (exact) mass is 498 g/mol. The largest absolute Gasteiger partial charge is 0.463 e. The number of hydrogen-bond donors (Lipinski definition) is 0. The van der Waals surface area contributed by atoms with Crippen LogP contribution in [0.3, 0.4) is 0 Å². The highest BCUT2D eigenvalue weighted by Gasteiger charge is 2.63. The van der Waals surface area contributed by atoms with E-state index in [0.717, 1.165) is 19.3 Å². The van der Waals surface area contributed by atoms with Crippen molar-refractivity contribution in [2.45, 2.75) is 119 Å². The summed E-state index contributed by atoms with van der Waals surface area (Å²) in [6, 6.07) is 0. The summed E-state index contributed by atoms with van der Waals surface area (Å²) < 4.78 is 10.9. The van der Waals surface area contributed by atoms with Gasteiger partial charge in [0.05, 0.1) is 6.61 Å². The molecule has 0 aliphatic heterocycles. The van der Waals surface area contributed by atoms with Gasteiger partial charge in [0.1, 0.15) is 6.10 Å². The van der Waals surface area contributed by atoms with Crippen LogP contribution in [0.1, 0.15) is 113 Å². The van der Waals surface area contributed by atoms with Gasteiger partial charge >= 0.3 is 11.9 Å². The lowest BCUT2D eigenvalue weighted by Crippen LogP contribution is -2.55. The standard InChI is InChI=1S/C32H50O4/c1-9-35-28(34)12-10-11-21(2)23-15-19-32(8)25-13-14-26-29(4,5)27(36-22(3)33)17-18-30(26,6)24(25)16-20-31(23,32)7/h10,12,21,23,26-27H,9,11,13-20H2,1-8H3/b12-10+/t21-,23-,26+,27+,30-,31-,32+/m1/s1. The molecule has 36 heavy (non-hydrogen) atoms. The highest BCUT2D eigenvalue weighted by atomic mass is 16.5. The Kier molecular flexibility index (Phi) is 7.34. The second-order valence-electron chi connectivity index (χ2n) is 13.7. The summed E-state index contributed by atoms with van der Waals surface area (Å²) in [6.45, 7) is 18.6. The first-order valence-electron chi connectivity index (χ1n) is 14.5. The molecular formula is C32H50O4. The van der Waals surface area contributed by atoms with Gasteiger partial charge in [-0.25, -0.2) is 4.79 Å². The summed E-state index contributed by atoms with van der Waals surface area (Å²) >= 11 is 0. The maximum absolute atomic E-state index is 11.8. The minimum Gasteiger partial charge on any atom is -0.463 e. The molecule has 0 saturated heterocycles. The molecule has 7 atom stereocenters. The zero-order chi connectivity index (χ0) is 26.5. The van der Waals surface area contributed by atoms with Crippen LogP contribution in [0.2, 0.25) is 0 Å². The van der Waals surface area contributed by atoms with Crippen molar-refractivity contribution >= 4 is 11.9 Å². The molecule has 4 aliphatic rings. The van der Waals surface area contributed by atoms with E-state index in [0.29, 0.717) is 29.8 Å². The predicted molar refractivity (Wildman–Crippen MR) is 144 cm³/mol. The normalized spacial score (nSPS) is 40.3. The molecule has 0 aromatic carbocycles. The van der Waals surface area contributed by atoms with E-state index in [9.17, 15) is 9.59 Å². The zero-order valence-corrected chi connectivity index (χ0v) is 24.2. The van der Waals surface area contributed by atoms with Crippen LogP contribution in [-0.2, 0) is 19.1 Å². The van der Waals surface area contributed by atoms with Crippen LogP contribution < -0.4 is 0 Å². The van der Waals surface area contributed by atoms with Gasteiger partial charge in [0, 0.05) is 18.4 Å². The molecule has 0 unspecified atom stereocenters. The predicted octanol–water partition coefficient (Wildman–Crippen LogP) is 7.81. The van der Waals surface area contributed by atoms with Crippen LogP contribution in [0.5, 0.6) is 0 Å². The van der Waals surface area contributed by atoms with E-state index in [1.807, 2.05) is 13.0 Å². The van der Waals surface area contributed by atoms with Gasteiger partial charge in [0.15, 0.2) is 0 Å². The van der Waals surface area contributed by atoms with Gasteiger partial charge in [-0.3, -0.25) is 4.79 Å². The lowest BCUT2D eigenvalue weighted by Gasteiger charge is -2.62. The van der Waals surface area contributed by atoms with Crippen LogP contribution in [0.15, 0.2) is 23.3 Å². The smallest absolute Gasteiger partial charge is 0.330 e. The molecule has 2 saturated carbocycles. The van der Waals surface area contributed by atoms with Crippen LogP contribution in [0.25, 0.3) is 0 Å². The molecule has 0 bridgehead atoms. The molecule has 0 spiro atoms. The van der Waals surface area contributed by atoms with E-state index in [2.05, 4.69) is 41.5 Å². The number of allylic oxidation sites excluding steroid dienone is 3. The van der Waals surface area contributed by atoms with Crippen LogP contribution in [-0.4, -0.2) is 24.6 Å². The summed E-state index contributed by atoms with van der Waals surface area (Å²) in [5.41, 5.74) is 4.32. The van der Waals surface area contributed by atoms with Crippen LogP contribution in [0.4, 0.5) is 0 Å². The maximum Gasteiger partial charge on any atom is 0.330 e.